The number of benzene rings is 1. The van der Waals surface area contributed by atoms with Gasteiger partial charge in [-0.3, -0.25) is 14.5 Å². The average Bonchev–Trinajstić information content (AvgIpc) is 2.66. The molecule has 3 rings (SSSR count). The maximum Gasteiger partial charge on any atom is 0.350 e. The number of unbranched alkanes of at least 4 members (excludes halogenated alkanes) is 2. The Kier molecular flexibility index (Phi) is 6.51. The molecule has 1 N–H and O–H groups in total. The highest BCUT2D eigenvalue weighted by molar-refractivity contribution is 9.10. The van der Waals surface area contributed by atoms with Crippen molar-refractivity contribution >= 4 is 45.2 Å². The van der Waals surface area contributed by atoms with E-state index in [0.29, 0.717) is 29.4 Å². The highest BCUT2D eigenvalue weighted by Gasteiger charge is 2.35. The van der Waals surface area contributed by atoms with Crippen molar-refractivity contribution in [3.8, 4) is 0 Å². The number of urea groups is 1. The van der Waals surface area contributed by atoms with Gasteiger partial charge in [0.1, 0.15) is 5.82 Å². The number of rotatable bonds is 7. The molecule has 0 saturated heterocycles. The number of fused-ring (bicyclic) bond motifs is 1. The van der Waals surface area contributed by atoms with Crippen molar-refractivity contribution in [3.63, 3.8) is 0 Å². The summed E-state index contributed by atoms with van der Waals surface area (Å²) in [4.78, 5) is 41.5. The number of imide groups is 1. The molecule has 0 saturated carbocycles. The Balaban J connectivity index is 1.41. The van der Waals surface area contributed by atoms with Crippen molar-refractivity contribution in [2.45, 2.75) is 25.7 Å². The van der Waals surface area contributed by atoms with E-state index in [-0.39, 0.29) is 30.5 Å². The molecular weight excluding hydrogens is 429 g/mol. The largest absolute Gasteiger partial charge is 0.350 e. The molecule has 0 aromatic heterocycles. The number of nitrogens with one attached hydrogen (secondary N) is 1. The highest BCUT2D eigenvalue weighted by atomic mass is 79.9. The van der Waals surface area contributed by atoms with Gasteiger partial charge in [0.15, 0.2) is 0 Å². The van der Waals surface area contributed by atoms with Crippen LogP contribution >= 0.6 is 15.9 Å². The Bertz CT molecular complexity index is 895. The van der Waals surface area contributed by atoms with E-state index in [1.165, 1.54) is 12.1 Å². The molecule has 8 heteroatoms. The van der Waals surface area contributed by atoms with Gasteiger partial charge in [0, 0.05) is 17.4 Å². The van der Waals surface area contributed by atoms with E-state index >= 15 is 0 Å². The maximum atomic E-state index is 13.7. The van der Waals surface area contributed by atoms with Crippen LogP contribution in [0, 0.1) is 11.7 Å². The topological polar surface area (TPSA) is 78.8 Å². The van der Waals surface area contributed by atoms with Gasteiger partial charge >= 0.3 is 6.03 Å². The van der Waals surface area contributed by atoms with Crippen LogP contribution in [-0.2, 0) is 9.59 Å². The van der Waals surface area contributed by atoms with Gasteiger partial charge in [0.05, 0.1) is 17.3 Å². The van der Waals surface area contributed by atoms with Crippen molar-refractivity contribution in [2.75, 3.05) is 11.9 Å². The molecule has 0 radical (unpaired) electrons. The normalized spacial score (nSPS) is 18.1. The van der Waals surface area contributed by atoms with Gasteiger partial charge in [-0.15, -0.1) is 0 Å². The number of halogens is 2. The van der Waals surface area contributed by atoms with Crippen LogP contribution in [-0.4, -0.2) is 35.0 Å². The number of hydrogen-bond donors (Lipinski definition) is 1. The van der Waals surface area contributed by atoms with Crippen LogP contribution in [0.3, 0.4) is 0 Å². The second-order valence-electron chi connectivity index (χ2n) is 6.51. The second-order valence-corrected chi connectivity index (χ2v) is 7.43. The maximum absolute atomic E-state index is 13.7. The Morgan fingerprint density at radius 3 is 2.82 bits per heavy atom. The standard InChI is InChI=1S/C20H19BrFN3O3/c21-13-9-10-17(15(22)12-13)23-18(26)8-2-1-5-11-25-19(27)14-6-3-4-7-16(14)24-20(25)28/h3-4,6-7,9-10,12,14H,1-2,5,8,11H2,(H,23,26). The molecule has 4 amide bonds. The number of carbonyl (C=O) groups is 3. The molecule has 1 aromatic carbocycles. The SMILES string of the molecule is O=C(CCCCCN1C(=O)N=C2C=CC=CC2C1=O)Nc1ccc(Br)cc1F. The minimum absolute atomic E-state index is 0.140. The van der Waals surface area contributed by atoms with E-state index in [1.807, 2.05) is 0 Å². The molecule has 0 spiro atoms. The molecule has 2 aliphatic rings. The van der Waals surface area contributed by atoms with Gasteiger partial charge in [-0.2, -0.15) is 4.99 Å². The number of hydrogen-bond acceptors (Lipinski definition) is 3. The molecule has 0 fully saturated rings. The van der Waals surface area contributed by atoms with E-state index in [1.54, 1.807) is 30.4 Å². The molecule has 28 heavy (non-hydrogen) atoms. The Labute approximate surface area is 170 Å². The fourth-order valence-electron chi connectivity index (χ4n) is 3.02. The van der Waals surface area contributed by atoms with Gasteiger partial charge in [-0.25, -0.2) is 9.18 Å². The van der Waals surface area contributed by atoms with Gasteiger partial charge in [-0.05, 0) is 37.1 Å². The molecule has 1 aliphatic carbocycles. The van der Waals surface area contributed by atoms with Crippen molar-refractivity contribution in [1.82, 2.24) is 4.90 Å². The monoisotopic (exact) mass is 447 g/mol. The molecule has 146 valence electrons. The Hall–Kier alpha value is -2.61. The zero-order valence-corrected chi connectivity index (χ0v) is 16.6. The van der Waals surface area contributed by atoms with Crippen LogP contribution in [0.25, 0.3) is 0 Å². The zero-order valence-electron chi connectivity index (χ0n) is 15.0. The van der Waals surface area contributed by atoms with Crippen LogP contribution < -0.4 is 5.32 Å². The lowest BCUT2D eigenvalue weighted by Crippen LogP contribution is -2.46. The number of carbonyl (C=O) groups excluding carboxylic acids is 3. The summed E-state index contributed by atoms with van der Waals surface area (Å²) in [5, 5.41) is 2.54. The summed E-state index contributed by atoms with van der Waals surface area (Å²) in [5.74, 6) is -1.54. The highest BCUT2D eigenvalue weighted by Crippen LogP contribution is 2.21. The summed E-state index contributed by atoms with van der Waals surface area (Å²) in [6.45, 7) is 0.269. The van der Waals surface area contributed by atoms with Crippen LogP contribution in [0.4, 0.5) is 14.9 Å². The van der Waals surface area contributed by atoms with Crippen molar-refractivity contribution in [2.24, 2.45) is 10.9 Å². The van der Waals surface area contributed by atoms with Crippen molar-refractivity contribution in [1.29, 1.82) is 0 Å². The van der Waals surface area contributed by atoms with E-state index in [4.69, 9.17) is 0 Å². The fourth-order valence-corrected chi connectivity index (χ4v) is 3.36. The summed E-state index contributed by atoms with van der Waals surface area (Å²) in [6, 6.07) is 3.89. The van der Waals surface area contributed by atoms with E-state index in [9.17, 15) is 18.8 Å². The van der Waals surface area contributed by atoms with Crippen LogP contribution in [0.5, 0.6) is 0 Å². The first-order valence-corrected chi connectivity index (χ1v) is 9.78. The molecule has 1 heterocycles. The second kappa shape index (κ2) is 9.05. The quantitative estimate of drug-likeness (QED) is 0.635. The van der Waals surface area contributed by atoms with Gasteiger partial charge in [0.25, 0.3) is 0 Å². The Morgan fingerprint density at radius 2 is 2.04 bits per heavy atom. The third kappa shape index (κ3) is 4.81. The van der Waals surface area contributed by atoms with E-state index < -0.39 is 17.8 Å². The summed E-state index contributed by atoms with van der Waals surface area (Å²) in [6.07, 6.45) is 8.95. The Morgan fingerprint density at radius 1 is 1.21 bits per heavy atom. The minimum Gasteiger partial charge on any atom is -0.324 e. The molecular formula is C20H19BrFN3O3. The number of amides is 4. The van der Waals surface area contributed by atoms with Crippen LogP contribution in [0.15, 0.2) is 52.0 Å². The predicted molar refractivity (Wildman–Crippen MR) is 108 cm³/mol. The molecule has 1 unspecified atom stereocenters. The zero-order chi connectivity index (χ0) is 20.1. The lowest BCUT2D eigenvalue weighted by atomic mass is 9.95. The summed E-state index contributed by atoms with van der Waals surface area (Å²) in [7, 11) is 0. The first kappa shape index (κ1) is 20.1. The first-order valence-electron chi connectivity index (χ1n) is 8.99. The van der Waals surface area contributed by atoms with Crippen molar-refractivity contribution < 1.29 is 18.8 Å². The average molecular weight is 448 g/mol. The summed E-state index contributed by atoms with van der Waals surface area (Å²) < 4.78 is 14.3. The molecule has 1 atom stereocenters. The summed E-state index contributed by atoms with van der Waals surface area (Å²) in [5.41, 5.74) is 0.617. The number of anilines is 1. The lowest BCUT2D eigenvalue weighted by Gasteiger charge is -2.28. The number of aliphatic imine (C=N–C) groups is 1. The molecule has 1 aromatic rings. The summed E-state index contributed by atoms with van der Waals surface area (Å²) >= 11 is 3.16. The van der Waals surface area contributed by atoms with Crippen LogP contribution in [0.1, 0.15) is 25.7 Å². The third-order valence-corrected chi connectivity index (χ3v) is 4.97. The van der Waals surface area contributed by atoms with Gasteiger partial charge < -0.3 is 5.32 Å². The lowest BCUT2D eigenvalue weighted by molar-refractivity contribution is -0.129. The van der Waals surface area contributed by atoms with Crippen LogP contribution in [0.2, 0.25) is 0 Å². The molecule has 0 bridgehead atoms. The fraction of sp³-hybridized carbons (Fsp3) is 0.300. The van der Waals surface area contributed by atoms with E-state index in [0.717, 1.165) is 4.90 Å². The van der Waals surface area contributed by atoms with Gasteiger partial charge in [-0.1, -0.05) is 40.6 Å². The van der Waals surface area contributed by atoms with E-state index in [2.05, 4.69) is 26.2 Å². The smallest absolute Gasteiger partial charge is 0.324 e. The third-order valence-electron chi connectivity index (χ3n) is 4.48. The van der Waals surface area contributed by atoms with Crippen molar-refractivity contribution in [3.05, 3.63) is 52.8 Å². The number of nitrogens with zero attached hydrogens (tertiary/aromatic N) is 2. The minimum atomic E-state index is -0.542. The molecule has 6 nitrogen and oxygen atoms in total. The number of allylic oxidation sites excluding steroid dienone is 3. The van der Waals surface area contributed by atoms with Gasteiger partial charge in [0.2, 0.25) is 11.8 Å². The predicted octanol–water partition coefficient (Wildman–Crippen LogP) is 4.23. The molecule has 1 aliphatic heterocycles. The first-order chi connectivity index (χ1) is 13.5.